The molecule has 0 aromatic heterocycles. The number of rotatable bonds is 5. The molecular weight excluding hydrogens is 188 g/mol. The predicted molar refractivity (Wildman–Crippen MR) is 61.0 cm³/mol. The van der Waals surface area contributed by atoms with Crippen LogP contribution >= 0.6 is 0 Å². The van der Waals surface area contributed by atoms with Gasteiger partial charge >= 0.3 is 0 Å². The van der Waals surface area contributed by atoms with Gasteiger partial charge in [0.05, 0.1) is 5.56 Å². The molecule has 1 aromatic carbocycles. The third-order valence-corrected chi connectivity index (χ3v) is 2.42. The van der Waals surface area contributed by atoms with Crippen molar-refractivity contribution in [2.75, 3.05) is 0 Å². The lowest BCUT2D eigenvalue weighted by molar-refractivity contribution is 0.0922. The lowest BCUT2D eigenvalue weighted by Crippen LogP contribution is -2.11. The first-order valence-corrected chi connectivity index (χ1v) is 5.10. The van der Waals surface area contributed by atoms with Crippen LogP contribution in [0.15, 0.2) is 36.9 Å². The molecule has 0 radical (unpaired) electrons. The average molecular weight is 204 g/mol. The van der Waals surface area contributed by atoms with Gasteiger partial charge in [0.25, 0.3) is 0 Å². The van der Waals surface area contributed by atoms with Crippen molar-refractivity contribution in [1.82, 2.24) is 0 Å². The second-order valence-corrected chi connectivity index (χ2v) is 3.65. The minimum atomic E-state index is -0.0729. The van der Waals surface area contributed by atoms with Gasteiger partial charge in [0.2, 0.25) is 0 Å². The Morgan fingerprint density at radius 2 is 2.20 bits per heavy atom. The Bertz CT molecular complexity index is 355. The summed E-state index contributed by atoms with van der Waals surface area (Å²) in [5.74, 6) is -0.0146. The number of hydrogen-bond acceptors (Lipinski definition) is 2. The van der Waals surface area contributed by atoms with Crippen LogP contribution in [-0.4, -0.2) is 10.9 Å². The van der Waals surface area contributed by atoms with Gasteiger partial charge in [-0.2, -0.15) is 0 Å². The standard InChI is InChI=1S/C13H16O2/c1-3-4-7-10(2)13(15)11-8-5-6-9-12(11)14/h3,5-6,8-10,14H,1,4,7H2,2H3/t10-/m1/s1. The van der Waals surface area contributed by atoms with Crippen LogP contribution in [0.3, 0.4) is 0 Å². The van der Waals surface area contributed by atoms with Gasteiger partial charge in [-0.15, -0.1) is 6.58 Å². The van der Waals surface area contributed by atoms with Crippen molar-refractivity contribution in [3.05, 3.63) is 42.5 Å². The van der Waals surface area contributed by atoms with Gasteiger partial charge in [0, 0.05) is 5.92 Å². The van der Waals surface area contributed by atoms with E-state index in [1.54, 1.807) is 24.3 Å². The van der Waals surface area contributed by atoms with Crippen molar-refractivity contribution >= 4 is 5.78 Å². The molecule has 0 fully saturated rings. The summed E-state index contributed by atoms with van der Waals surface area (Å²) in [6.45, 7) is 5.49. The number of aromatic hydroxyl groups is 1. The third-order valence-electron chi connectivity index (χ3n) is 2.42. The molecular formula is C13H16O2. The molecule has 80 valence electrons. The zero-order valence-electron chi connectivity index (χ0n) is 8.94. The number of allylic oxidation sites excluding steroid dienone is 1. The highest BCUT2D eigenvalue weighted by Crippen LogP contribution is 2.21. The van der Waals surface area contributed by atoms with Crippen molar-refractivity contribution in [3.8, 4) is 5.75 Å². The average Bonchev–Trinajstić information content (AvgIpc) is 2.25. The fraction of sp³-hybridized carbons (Fsp3) is 0.308. The summed E-state index contributed by atoms with van der Waals surface area (Å²) in [6, 6.07) is 6.66. The van der Waals surface area contributed by atoms with Crippen molar-refractivity contribution in [2.45, 2.75) is 19.8 Å². The van der Waals surface area contributed by atoms with Crippen molar-refractivity contribution in [3.63, 3.8) is 0 Å². The van der Waals surface area contributed by atoms with E-state index < -0.39 is 0 Å². The molecule has 0 unspecified atom stereocenters. The fourth-order valence-electron chi connectivity index (χ4n) is 1.45. The SMILES string of the molecule is C=CCC[C@@H](C)C(=O)c1ccccc1O. The molecule has 1 aromatic rings. The molecule has 0 saturated heterocycles. The molecule has 0 amide bonds. The Morgan fingerprint density at radius 1 is 1.53 bits per heavy atom. The van der Waals surface area contributed by atoms with E-state index >= 15 is 0 Å². The Labute approximate surface area is 90.3 Å². The Morgan fingerprint density at radius 3 is 2.80 bits per heavy atom. The van der Waals surface area contributed by atoms with E-state index in [-0.39, 0.29) is 17.5 Å². The first kappa shape index (κ1) is 11.5. The van der Waals surface area contributed by atoms with Crippen LogP contribution in [0, 0.1) is 5.92 Å². The Balaban J connectivity index is 2.76. The van der Waals surface area contributed by atoms with Gasteiger partial charge in [0.1, 0.15) is 5.75 Å². The maximum atomic E-state index is 11.9. The number of para-hydroxylation sites is 1. The molecule has 0 aliphatic rings. The molecule has 0 saturated carbocycles. The fourth-order valence-corrected chi connectivity index (χ4v) is 1.45. The number of carbonyl (C=O) groups is 1. The molecule has 0 aliphatic heterocycles. The van der Waals surface area contributed by atoms with Crippen LogP contribution in [0.25, 0.3) is 0 Å². The third kappa shape index (κ3) is 2.94. The number of phenolic OH excluding ortho intramolecular Hbond substituents is 1. The lowest BCUT2D eigenvalue weighted by atomic mass is 9.94. The quantitative estimate of drug-likeness (QED) is 0.590. The van der Waals surface area contributed by atoms with Crippen molar-refractivity contribution in [1.29, 1.82) is 0 Å². The second-order valence-electron chi connectivity index (χ2n) is 3.65. The number of ketones is 1. The highest BCUT2D eigenvalue weighted by molar-refractivity contribution is 5.99. The molecule has 1 N–H and O–H groups in total. The lowest BCUT2D eigenvalue weighted by Gasteiger charge is -2.09. The van der Waals surface area contributed by atoms with E-state index in [4.69, 9.17) is 0 Å². The number of carbonyl (C=O) groups excluding carboxylic acids is 1. The van der Waals surface area contributed by atoms with E-state index in [2.05, 4.69) is 6.58 Å². The van der Waals surface area contributed by atoms with Crippen molar-refractivity contribution < 1.29 is 9.90 Å². The molecule has 0 spiro atoms. The van der Waals surface area contributed by atoms with Crippen LogP contribution in [0.1, 0.15) is 30.1 Å². The highest BCUT2D eigenvalue weighted by Gasteiger charge is 2.16. The molecule has 2 heteroatoms. The summed E-state index contributed by atoms with van der Waals surface area (Å²) in [5, 5.41) is 9.51. The first-order chi connectivity index (χ1) is 7.16. The number of Topliss-reactive ketones (excluding diaryl/α,β-unsaturated/α-hetero) is 1. The van der Waals surface area contributed by atoms with Crippen LogP contribution in [0.4, 0.5) is 0 Å². The zero-order chi connectivity index (χ0) is 11.3. The topological polar surface area (TPSA) is 37.3 Å². The van der Waals surface area contributed by atoms with Gasteiger partial charge in [-0.05, 0) is 25.0 Å². The van der Waals surface area contributed by atoms with E-state index in [1.807, 2.05) is 6.92 Å². The molecule has 2 nitrogen and oxygen atoms in total. The van der Waals surface area contributed by atoms with Gasteiger partial charge < -0.3 is 5.11 Å². The van der Waals surface area contributed by atoms with Gasteiger partial charge in [-0.1, -0.05) is 25.1 Å². The summed E-state index contributed by atoms with van der Waals surface area (Å²) in [4.78, 5) is 11.9. The summed E-state index contributed by atoms with van der Waals surface area (Å²) >= 11 is 0. The first-order valence-electron chi connectivity index (χ1n) is 5.10. The Hall–Kier alpha value is -1.57. The van der Waals surface area contributed by atoms with Gasteiger partial charge in [-0.3, -0.25) is 4.79 Å². The molecule has 1 atom stereocenters. The normalized spacial score (nSPS) is 12.1. The van der Waals surface area contributed by atoms with Crippen LogP contribution in [0.5, 0.6) is 5.75 Å². The zero-order valence-corrected chi connectivity index (χ0v) is 8.94. The summed E-state index contributed by atoms with van der Waals surface area (Å²) in [5.41, 5.74) is 0.411. The minimum absolute atomic E-state index is 0.00468. The van der Waals surface area contributed by atoms with Crippen LogP contribution in [-0.2, 0) is 0 Å². The van der Waals surface area contributed by atoms with Gasteiger partial charge in [-0.25, -0.2) is 0 Å². The van der Waals surface area contributed by atoms with Crippen LogP contribution < -0.4 is 0 Å². The van der Waals surface area contributed by atoms with E-state index in [9.17, 15) is 9.90 Å². The maximum Gasteiger partial charge on any atom is 0.169 e. The van der Waals surface area contributed by atoms with Gasteiger partial charge in [0.15, 0.2) is 5.78 Å². The van der Waals surface area contributed by atoms with E-state index in [0.717, 1.165) is 12.8 Å². The molecule has 15 heavy (non-hydrogen) atoms. The summed E-state index contributed by atoms with van der Waals surface area (Å²) < 4.78 is 0. The molecule has 1 rings (SSSR count). The number of hydrogen-bond donors (Lipinski definition) is 1. The maximum absolute atomic E-state index is 11.9. The minimum Gasteiger partial charge on any atom is -0.507 e. The number of benzene rings is 1. The summed E-state index contributed by atoms with van der Waals surface area (Å²) in [6.07, 6.45) is 3.39. The molecule has 0 heterocycles. The van der Waals surface area contributed by atoms with Crippen molar-refractivity contribution in [2.24, 2.45) is 5.92 Å². The monoisotopic (exact) mass is 204 g/mol. The van der Waals surface area contributed by atoms with Crippen LogP contribution in [0.2, 0.25) is 0 Å². The number of phenols is 1. The Kier molecular flexibility index (Phi) is 4.10. The largest absolute Gasteiger partial charge is 0.507 e. The smallest absolute Gasteiger partial charge is 0.169 e. The molecule has 0 aliphatic carbocycles. The second kappa shape index (κ2) is 5.35. The van der Waals surface area contributed by atoms with E-state index in [1.165, 1.54) is 6.07 Å². The predicted octanol–water partition coefficient (Wildman–Crippen LogP) is 3.18. The van der Waals surface area contributed by atoms with E-state index in [0.29, 0.717) is 5.56 Å². The highest BCUT2D eigenvalue weighted by atomic mass is 16.3. The molecule has 0 bridgehead atoms. The summed E-state index contributed by atoms with van der Waals surface area (Å²) in [7, 11) is 0.